The molecule has 2 aromatic rings. The molecule has 0 unspecified atom stereocenters. The number of nitrogens with one attached hydrogen (secondary N) is 2. The molecule has 0 atom stereocenters. The summed E-state index contributed by atoms with van der Waals surface area (Å²) in [6.45, 7) is 0. The first-order chi connectivity index (χ1) is 8.40. The van der Waals surface area contributed by atoms with Crippen LogP contribution in [0.25, 0.3) is 0 Å². The molecule has 2 rings (SSSR count). The fraction of sp³-hybridized carbons (Fsp3) is 0. The summed E-state index contributed by atoms with van der Waals surface area (Å²) in [7, 11) is -3.85. The minimum absolute atomic E-state index is 0.0631. The Balaban J connectivity index is 2.38. The number of aromatic amines is 1. The lowest BCUT2D eigenvalue weighted by atomic mass is 10.5. The van der Waals surface area contributed by atoms with Crippen LogP contribution >= 0.6 is 27.3 Å². The SMILES string of the molecule is O=C(O)c1cc(S(=O)(=O)Nc2ccn[nH]2)c(Br)s1. The van der Waals surface area contributed by atoms with Gasteiger partial charge in [0.25, 0.3) is 10.0 Å². The zero-order valence-electron chi connectivity index (χ0n) is 8.55. The second-order valence-corrected chi connectivity index (χ2v) is 7.15. The minimum atomic E-state index is -3.85. The summed E-state index contributed by atoms with van der Waals surface area (Å²) in [6.07, 6.45) is 1.39. The Hall–Kier alpha value is -1.39. The van der Waals surface area contributed by atoms with Crippen LogP contribution in [0.4, 0.5) is 5.82 Å². The van der Waals surface area contributed by atoms with Crippen molar-refractivity contribution in [3.8, 4) is 0 Å². The van der Waals surface area contributed by atoms with Crippen molar-refractivity contribution >= 4 is 49.1 Å². The molecule has 7 nitrogen and oxygen atoms in total. The van der Waals surface area contributed by atoms with E-state index < -0.39 is 16.0 Å². The van der Waals surface area contributed by atoms with Crippen LogP contribution in [0, 0.1) is 0 Å². The van der Waals surface area contributed by atoms with Crippen molar-refractivity contribution in [2.75, 3.05) is 4.72 Å². The third-order valence-electron chi connectivity index (χ3n) is 1.90. The van der Waals surface area contributed by atoms with Crippen molar-refractivity contribution in [1.29, 1.82) is 0 Å². The number of sulfonamides is 1. The molecule has 0 bridgehead atoms. The topological polar surface area (TPSA) is 112 Å². The van der Waals surface area contributed by atoms with Crippen LogP contribution in [0.2, 0.25) is 0 Å². The average molecular weight is 352 g/mol. The van der Waals surface area contributed by atoms with E-state index in [9.17, 15) is 13.2 Å². The molecule has 3 N–H and O–H groups in total. The maximum absolute atomic E-state index is 12.0. The Morgan fingerprint density at radius 1 is 1.56 bits per heavy atom. The average Bonchev–Trinajstić information content (AvgIpc) is 2.86. The van der Waals surface area contributed by atoms with E-state index in [0.29, 0.717) is 0 Å². The summed E-state index contributed by atoms with van der Waals surface area (Å²) in [4.78, 5) is 10.6. The molecule has 0 aliphatic rings. The van der Waals surface area contributed by atoms with E-state index in [1.807, 2.05) is 0 Å². The zero-order chi connectivity index (χ0) is 13.3. The van der Waals surface area contributed by atoms with Gasteiger partial charge >= 0.3 is 5.97 Å². The third-order valence-corrected chi connectivity index (χ3v) is 5.51. The quantitative estimate of drug-likeness (QED) is 0.776. The molecule has 0 radical (unpaired) electrons. The highest BCUT2D eigenvalue weighted by Gasteiger charge is 2.23. The monoisotopic (exact) mass is 351 g/mol. The molecule has 0 aliphatic heterocycles. The van der Waals surface area contributed by atoms with Crippen molar-refractivity contribution in [3.63, 3.8) is 0 Å². The van der Waals surface area contributed by atoms with Gasteiger partial charge in [0.2, 0.25) is 0 Å². The van der Waals surface area contributed by atoms with Crippen LogP contribution in [0.15, 0.2) is 27.0 Å². The van der Waals surface area contributed by atoms with Gasteiger partial charge in [-0.3, -0.25) is 9.82 Å². The number of hydrogen-bond acceptors (Lipinski definition) is 5. The van der Waals surface area contributed by atoms with E-state index >= 15 is 0 Å². The maximum atomic E-state index is 12.0. The van der Waals surface area contributed by atoms with E-state index in [4.69, 9.17) is 5.11 Å². The van der Waals surface area contributed by atoms with E-state index in [1.165, 1.54) is 12.3 Å². The fourth-order valence-electron chi connectivity index (χ4n) is 1.15. The molecule has 2 heterocycles. The number of aromatic nitrogens is 2. The molecule has 0 aromatic carbocycles. The van der Waals surface area contributed by atoms with Crippen LogP contribution in [0.5, 0.6) is 0 Å². The Morgan fingerprint density at radius 3 is 2.78 bits per heavy atom. The molecule has 10 heteroatoms. The number of halogens is 1. The molecular formula is C8H6BrN3O4S2. The standard InChI is InChI=1S/C8H6BrN3O4S2/c9-7-5(3-4(17-7)8(13)14)18(15,16)12-6-1-2-10-11-6/h1-3H,(H,13,14)(H2,10,11,12). The van der Waals surface area contributed by atoms with Crippen molar-refractivity contribution in [1.82, 2.24) is 10.2 Å². The molecule has 0 spiro atoms. The van der Waals surface area contributed by atoms with Gasteiger partial charge in [-0.2, -0.15) is 5.10 Å². The Bertz CT molecular complexity index is 677. The van der Waals surface area contributed by atoms with Crippen LogP contribution in [-0.4, -0.2) is 29.7 Å². The first kappa shape index (κ1) is 13.1. The number of carbonyl (C=O) groups is 1. The lowest BCUT2D eigenvalue weighted by Crippen LogP contribution is -2.13. The number of aromatic carboxylic acids is 1. The van der Waals surface area contributed by atoms with Crippen molar-refractivity contribution in [2.24, 2.45) is 0 Å². The Labute approximate surface area is 114 Å². The molecule has 0 fully saturated rings. The smallest absolute Gasteiger partial charge is 0.345 e. The second kappa shape index (κ2) is 4.71. The number of carboxylic acid groups (broad SMARTS) is 1. The van der Waals surface area contributed by atoms with Gasteiger partial charge in [-0.05, 0) is 22.0 Å². The van der Waals surface area contributed by atoms with Crippen LogP contribution < -0.4 is 4.72 Å². The van der Waals surface area contributed by atoms with Crippen molar-refractivity contribution < 1.29 is 18.3 Å². The first-order valence-electron chi connectivity index (χ1n) is 4.45. The number of H-pyrrole nitrogens is 1. The highest BCUT2D eigenvalue weighted by atomic mass is 79.9. The van der Waals surface area contributed by atoms with Crippen LogP contribution in [0.3, 0.4) is 0 Å². The highest BCUT2D eigenvalue weighted by Crippen LogP contribution is 2.32. The largest absolute Gasteiger partial charge is 0.477 e. The number of thiophene rings is 1. The first-order valence-corrected chi connectivity index (χ1v) is 7.54. The van der Waals surface area contributed by atoms with Gasteiger partial charge in [0.1, 0.15) is 15.6 Å². The van der Waals surface area contributed by atoms with E-state index in [-0.39, 0.29) is 19.4 Å². The van der Waals surface area contributed by atoms with Crippen molar-refractivity contribution in [2.45, 2.75) is 4.90 Å². The number of hydrogen-bond donors (Lipinski definition) is 3. The fourth-order valence-corrected chi connectivity index (χ4v) is 4.57. The van der Waals surface area contributed by atoms with Gasteiger partial charge in [0.05, 0.1) is 9.98 Å². The minimum Gasteiger partial charge on any atom is -0.477 e. The summed E-state index contributed by atoms with van der Waals surface area (Å²) in [6, 6.07) is 2.53. The number of anilines is 1. The molecule has 96 valence electrons. The molecule has 18 heavy (non-hydrogen) atoms. The molecule has 0 aliphatic carbocycles. The lowest BCUT2D eigenvalue weighted by molar-refractivity contribution is 0.0702. The summed E-state index contributed by atoms with van der Waals surface area (Å²) >= 11 is 3.87. The molecule has 0 saturated heterocycles. The van der Waals surface area contributed by atoms with Gasteiger partial charge < -0.3 is 5.11 Å². The lowest BCUT2D eigenvalue weighted by Gasteiger charge is -2.03. The van der Waals surface area contributed by atoms with Gasteiger partial charge in [0.15, 0.2) is 0 Å². The summed E-state index contributed by atoms with van der Waals surface area (Å²) < 4.78 is 26.4. The second-order valence-electron chi connectivity index (χ2n) is 3.13. The van der Waals surface area contributed by atoms with Gasteiger partial charge in [0, 0.05) is 6.07 Å². The van der Waals surface area contributed by atoms with Crippen LogP contribution in [0.1, 0.15) is 9.67 Å². The summed E-state index contributed by atoms with van der Waals surface area (Å²) in [5.41, 5.74) is 0. The normalized spacial score (nSPS) is 11.4. The predicted octanol–water partition coefficient (Wildman–Crippen LogP) is 1.73. The summed E-state index contributed by atoms with van der Waals surface area (Å²) in [5, 5.41) is 14.8. The highest BCUT2D eigenvalue weighted by molar-refractivity contribution is 9.11. The van der Waals surface area contributed by atoms with E-state index in [2.05, 4.69) is 30.8 Å². The molecular weight excluding hydrogens is 346 g/mol. The number of nitrogens with zero attached hydrogens (tertiary/aromatic N) is 1. The number of carboxylic acids is 1. The van der Waals surface area contributed by atoms with E-state index in [1.54, 1.807) is 0 Å². The predicted molar refractivity (Wildman–Crippen MR) is 68.4 cm³/mol. The zero-order valence-corrected chi connectivity index (χ0v) is 11.8. The molecule has 0 saturated carbocycles. The number of rotatable bonds is 4. The Morgan fingerprint density at radius 2 is 2.28 bits per heavy atom. The van der Waals surface area contributed by atoms with Crippen LogP contribution in [-0.2, 0) is 10.0 Å². The Kier molecular flexibility index (Phi) is 3.41. The van der Waals surface area contributed by atoms with Gasteiger partial charge in [-0.1, -0.05) is 0 Å². The van der Waals surface area contributed by atoms with Gasteiger partial charge in [-0.25, -0.2) is 13.2 Å². The molecule has 0 amide bonds. The third kappa shape index (κ3) is 2.54. The maximum Gasteiger partial charge on any atom is 0.345 e. The van der Waals surface area contributed by atoms with Crippen molar-refractivity contribution in [3.05, 3.63) is 27.0 Å². The van der Waals surface area contributed by atoms with Gasteiger partial charge in [-0.15, -0.1) is 11.3 Å². The van der Waals surface area contributed by atoms with E-state index in [0.717, 1.165) is 17.4 Å². The summed E-state index contributed by atoms with van der Waals surface area (Å²) in [5.74, 6) is -0.978. The molecule has 2 aromatic heterocycles.